The van der Waals surface area contributed by atoms with Crippen LogP contribution in [0.2, 0.25) is 0 Å². The van der Waals surface area contributed by atoms with Gasteiger partial charge in [0.15, 0.2) is 0 Å². The summed E-state index contributed by atoms with van der Waals surface area (Å²) in [6, 6.07) is 8.98. The molecule has 0 atom stereocenters. The topological polar surface area (TPSA) is 58.2 Å². The Morgan fingerprint density at radius 2 is 1.94 bits per heavy atom. The second-order valence-electron chi connectivity index (χ2n) is 3.84. The van der Waals surface area contributed by atoms with Gasteiger partial charge in [-0.3, -0.25) is 10.1 Å². The van der Waals surface area contributed by atoms with E-state index in [-0.39, 0.29) is 0 Å². The monoisotopic (exact) mass is 246 g/mol. The van der Waals surface area contributed by atoms with E-state index in [0.717, 1.165) is 18.4 Å². The second-order valence-corrected chi connectivity index (χ2v) is 3.84. The lowest BCUT2D eigenvalue weighted by atomic mass is 10.2. The maximum atomic E-state index is 11.4. The quantitative estimate of drug-likeness (QED) is 0.618. The van der Waals surface area contributed by atoms with Crippen LogP contribution in [-0.4, -0.2) is 18.5 Å². The van der Waals surface area contributed by atoms with Crippen molar-refractivity contribution < 1.29 is 9.59 Å². The third-order valence-corrected chi connectivity index (χ3v) is 2.28. The SMILES string of the molecule is CCCCNC(=O)NC(=O)/C=C/c1ccccc1. The summed E-state index contributed by atoms with van der Waals surface area (Å²) in [6.07, 6.45) is 4.91. The van der Waals surface area contributed by atoms with E-state index in [1.54, 1.807) is 6.08 Å². The van der Waals surface area contributed by atoms with Crippen molar-refractivity contribution in [2.45, 2.75) is 19.8 Å². The highest BCUT2D eigenvalue weighted by atomic mass is 16.2. The van der Waals surface area contributed by atoms with Crippen molar-refractivity contribution in [2.24, 2.45) is 0 Å². The minimum atomic E-state index is -0.453. The van der Waals surface area contributed by atoms with Gasteiger partial charge < -0.3 is 5.32 Å². The summed E-state index contributed by atoms with van der Waals surface area (Å²) >= 11 is 0. The van der Waals surface area contributed by atoms with Crippen molar-refractivity contribution in [3.63, 3.8) is 0 Å². The van der Waals surface area contributed by atoms with Gasteiger partial charge in [-0.15, -0.1) is 0 Å². The fourth-order valence-electron chi connectivity index (χ4n) is 1.31. The lowest BCUT2D eigenvalue weighted by Crippen LogP contribution is -2.38. The Bertz CT molecular complexity index is 413. The molecule has 1 rings (SSSR count). The van der Waals surface area contributed by atoms with E-state index in [2.05, 4.69) is 10.6 Å². The van der Waals surface area contributed by atoms with Gasteiger partial charge in [-0.05, 0) is 18.1 Å². The summed E-state index contributed by atoms with van der Waals surface area (Å²) in [5.74, 6) is -0.423. The fourth-order valence-corrected chi connectivity index (χ4v) is 1.31. The molecular formula is C14H18N2O2. The van der Waals surface area contributed by atoms with Crippen LogP contribution in [0.3, 0.4) is 0 Å². The number of urea groups is 1. The van der Waals surface area contributed by atoms with Crippen LogP contribution in [0, 0.1) is 0 Å². The molecule has 0 saturated carbocycles. The average molecular weight is 246 g/mol. The van der Waals surface area contributed by atoms with Crippen LogP contribution in [0.25, 0.3) is 6.08 Å². The molecule has 2 N–H and O–H groups in total. The van der Waals surface area contributed by atoms with Crippen LogP contribution in [0.4, 0.5) is 4.79 Å². The van der Waals surface area contributed by atoms with E-state index in [1.165, 1.54) is 6.08 Å². The maximum Gasteiger partial charge on any atom is 0.321 e. The van der Waals surface area contributed by atoms with Crippen molar-refractivity contribution in [3.05, 3.63) is 42.0 Å². The van der Waals surface area contributed by atoms with Crippen LogP contribution in [0.1, 0.15) is 25.3 Å². The summed E-state index contributed by atoms with van der Waals surface area (Å²) in [6.45, 7) is 2.62. The van der Waals surface area contributed by atoms with Crippen LogP contribution >= 0.6 is 0 Å². The number of benzene rings is 1. The molecule has 0 fully saturated rings. The van der Waals surface area contributed by atoms with Crippen LogP contribution < -0.4 is 10.6 Å². The lowest BCUT2D eigenvalue weighted by molar-refractivity contribution is -0.115. The number of nitrogens with one attached hydrogen (secondary N) is 2. The van der Waals surface area contributed by atoms with Crippen molar-refractivity contribution in [3.8, 4) is 0 Å². The molecule has 1 aromatic carbocycles. The first-order valence-electron chi connectivity index (χ1n) is 6.04. The molecule has 96 valence electrons. The van der Waals surface area contributed by atoms with E-state index in [1.807, 2.05) is 37.3 Å². The number of rotatable bonds is 5. The molecular weight excluding hydrogens is 228 g/mol. The zero-order valence-electron chi connectivity index (χ0n) is 10.5. The van der Waals surface area contributed by atoms with Crippen molar-refractivity contribution >= 4 is 18.0 Å². The molecule has 0 bridgehead atoms. The van der Waals surface area contributed by atoms with Gasteiger partial charge in [0.25, 0.3) is 5.91 Å². The molecule has 1 aromatic rings. The minimum Gasteiger partial charge on any atom is -0.338 e. The standard InChI is InChI=1S/C14H18N2O2/c1-2-3-11-15-14(18)16-13(17)10-9-12-7-5-4-6-8-12/h4-10H,2-3,11H2,1H3,(H2,15,16,17,18)/b10-9+. The first-order valence-corrected chi connectivity index (χ1v) is 6.04. The molecule has 0 saturated heterocycles. The third-order valence-electron chi connectivity index (χ3n) is 2.28. The van der Waals surface area contributed by atoms with Crippen molar-refractivity contribution in [2.75, 3.05) is 6.54 Å². The zero-order chi connectivity index (χ0) is 13.2. The largest absolute Gasteiger partial charge is 0.338 e. The summed E-state index contributed by atoms with van der Waals surface area (Å²) in [4.78, 5) is 22.7. The second kappa shape index (κ2) is 8.06. The van der Waals surface area contributed by atoms with Crippen molar-refractivity contribution in [1.82, 2.24) is 10.6 Å². The van der Waals surface area contributed by atoms with E-state index in [0.29, 0.717) is 6.54 Å². The number of imide groups is 1. The van der Waals surface area contributed by atoms with E-state index >= 15 is 0 Å². The molecule has 3 amide bonds. The number of hydrogen-bond donors (Lipinski definition) is 2. The van der Waals surface area contributed by atoms with Gasteiger partial charge in [-0.1, -0.05) is 43.7 Å². The molecule has 0 aliphatic rings. The number of hydrogen-bond acceptors (Lipinski definition) is 2. The molecule has 0 aliphatic carbocycles. The number of unbranched alkanes of at least 4 members (excludes halogenated alkanes) is 1. The van der Waals surface area contributed by atoms with E-state index in [9.17, 15) is 9.59 Å². The van der Waals surface area contributed by atoms with Crippen LogP contribution in [0.15, 0.2) is 36.4 Å². The fraction of sp³-hybridized carbons (Fsp3) is 0.286. The first-order chi connectivity index (χ1) is 8.72. The van der Waals surface area contributed by atoms with Gasteiger partial charge in [0.1, 0.15) is 0 Å². The molecule has 0 radical (unpaired) electrons. The Labute approximate surface area is 107 Å². The molecule has 0 spiro atoms. The van der Waals surface area contributed by atoms with Crippen LogP contribution in [-0.2, 0) is 4.79 Å². The molecule has 4 heteroatoms. The molecule has 4 nitrogen and oxygen atoms in total. The maximum absolute atomic E-state index is 11.4. The first kappa shape index (κ1) is 14.0. The zero-order valence-corrected chi connectivity index (χ0v) is 10.5. The normalized spacial score (nSPS) is 10.3. The Kier molecular flexibility index (Phi) is 6.25. The molecule has 0 heterocycles. The highest BCUT2D eigenvalue weighted by Crippen LogP contribution is 2.00. The highest BCUT2D eigenvalue weighted by molar-refractivity contribution is 6.02. The smallest absolute Gasteiger partial charge is 0.321 e. The Morgan fingerprint density at radius 3 is 2.61 bits per heavy atom. The predicted octanol–water partition coefficient (Wildman–Crippen LogP) is 2.33. The van der Waals surface area contributed by atoms with Crippen molar-refractivity contribution in [1.29, 1.82) is 0 Å². The third kappa shape index (κ3) is 5.84. The van der Waals surface area contributed by atoms with Gasteiger partial charge in [-0.25, -0.2) is 4.79 Å². The van der Waals surface area contributed by atoms with Gasteiger partial charge >= 0.3 is 6.03 Å². The minimum absolute atomic E-state index is 0.423. The Hall–Kier alpha value is -2.10. The Morgan fingerprint density at radius 1 is 1.22 bits per heavy atom. The predicted molar refractivity (Wildman–Crippen MR) is 71.9 cm³/mol. The van der Waals surface area contributed by atoms with Gasteiger partial charge in [0.05, 0.1) is 0 Å². The lowest BCUT2D eigenvalue weighted by Gasteiger charge is -2.03. The molecule has 0 aliphatic heterocycles. The number of carbonyl (C=O) groups is 2. The molecule has 0 unspecified atom stereocenters. The van der Waals surface area contributed by atoms with Gasteiger partial charge in [-0.2, -0.15) is 0 Å². The Balaban J connectivity index is 2.33. The van der Waals surface area contributed by atoms with Gasteiger partial charge in [0.2, 0.25) is 0 Å². The van der Waals surface area contributed by atoms with E-state index < -0.39 is 11.9 Å². The summed E-state index contributed by atoms with van der Waals surface area (Å²) < 4.78 is 0. The molecule has 0 aromatic heterocycles. The highest BCUT2D eigenvalue weighted by Gasteiger charge is 2.02. The average Bonchev–Trinajstić information content (AvgIpc) is 2.38. The summed E-state index contributed by atoms with van der Waals surface area (Å²) in [5.41, 5.74) is 0.916. The van der Waals surface area contributed by atoms with Gasteiger partial charge in [0, 0.05) is 12.6 Å². The molecule has 18 heavy (non-hydrogen) atoms. The van der Waals surface area contributed by atoms with Crippen LogP contribution in [0.5, 0.6) is 0 Å². The summed E-state index contributed by atoms with van der Waals surface area (Å²) in [5, 5.41) is 4.84. The number of carbonyl (C=O) groups excluding carboxylic acids is 2. The summed E-state index contributed by atoms with van der Waals surface area (Å²) in [7, 11) is 0. The van der Waals surface area contributed by atoms with E-state index in [4.69, 9.17) is 0 Å². The number of amides is 3.